The Kier molecular flexibility index (Phi) is 4.11. The van der Waals surface area contributed by atoms with Crippen molar-refractivity contribution in [2.24, 2.45) is 0 Å². The number of benzene rings is 1. The second kappa shape index (κ2) is 5.14. The highest BCUT2D eigenvalue weighted by atomic mass is 79.9. The Balaban J connectivity index is 3.51. The zero-order valence-corrected chi connectivity index (χ0v) is 10.00. The van der Waals surface area contributed by atoms with E-state index >= 15 is 0 Å². The summed E-state index contributed by atoms with van der Waals surface area (Å²) < 4.78 is 10.7. The van der Waals surface area contributed by atoms with Crippen LogP contribution >= 0.6 is 15.9 Å². The smallest absolute Gasteiger partial charge is 0.172 e. The molecular formula is C10H11BrO4. The molecule has 1 aromatic rings. The van der Waals surface area contributed by atoms with Crippen molar-refractivity contribution in [3.05, 3.63) is 21.7 Å². The Labute approximate surface area is 95.9 Å². The summed E-state index contributed by atoms with van der Waals surface area (Å²) >= 11 is 3.23. The number of halogens is 1. The van der Waals surface area contributed by atoms with E-state index < -0.39 is 0 Å². The van der Waals surface area contributed by atoms with Crippen molar-refractivity contribution in [2.75, 3.05) is 14.2 Å². The Morgan fingerprint density at radius 3 is 2.40 bits per heavy atom. The zero-order valence-electron chi connectivity index (χ0n) is 8.41. The third kappa shape index (κ3) is 2.13. The molecule has 15 heavy (non-hydrogen) atoms. The highest BCUT2D eigenvalue weighted by Crippen LogP contribution is 2.38. The van der Waals surface area contributed by atoms with Crippen molar-refractivity contribution in [1.82, 2.24) is 0 Å². The van der Waals surface area contributed by atoms with Crippen molar-refractivity contribution in [3.8, 4) is 11.5 Å². The number of methoxy groups -OCH3 is 2. The first-order valence-electron chi connectivity index (χ1n) is 4.19. The number of aliphatic hydroxyl groups is 1. The molecule has 0 amide bonds. The molecule has 5 heteroatoms. The van der Waals surface area contributed by atoms with Gasteiger partial charge in [-0.05, 0) is 22.0 Å². The summed E-state index contributed by atoms with van der Waals surface area (Å²) in [6.45, 7) is -0.183. The van der Waals surface area contributed by atoms with Crippen LogP contribution in [0, 0.1) is 0 Å². The van der Waals surface area contributed by atoms with E-state index in [1.807, 2.05) is 0 Å². The molecule has 4 nitrogen and oxygen atoms in total. The SMILES string of the molecule is COc1c(CO)cc(Br)c(C=O)c1OC. The van der Waals surface area contributed by atoms with Gasteiger partial charge < -0.3 is 14.6 Å². The highest BCUT2D eigenvalue weighted by molar-refractivity contribution is 9.10. The van der Waals surface area contributed by atoms with Gasteiger partial charge in [0, 0.05) is 10.0 Å². The highest BCUT2D eigenvalue weighted by Gasteiger charge is 2.17. The lowest BCUT2D eigenvalue weighted by Gasteiger charge is -2.14. The van der Waals surface area contributed by atoms with Crippen molar-refractivity contribution in [1.29, 1.82) is 0 Å². The van der Waals surface area contributed by atoms with E-state index in [9.17, 15) is 4.79 Å². The normalized spacial score (nSPS) is 9.87. The van der Waals surface area contributed by atoms with Gasteiger partial charge >= 0.3 is 0 Å². The van der Waals surface area contributed by atoms with E-state index in [0.29, 0.717) is 33.4 Å². The van der Waals surface area contributed by atoms with E-state index in [1.54, 1.807) is 6.07 Å². The van der Waals surface area contributed by atoms with E-state index in [4.69, 9.17) is 14.6 Å². The number of carbonyl (C=O) groups is 1. The maximum atomic E-state index is 10.8. The molecule has 0 spiro atoms. The van der Waals surface area contributed by atoms with Crippen LogP contribution in [0.25, 0.3) is 0 Å². The van der Waals surface area contributed by atoms with Gasteiger partial charge in [-0.1, -0.05) is 0 Å². The molecule has 0 aliphatic carbocycles. The second-order valence-electron chi connectivity index (χ2n) is 2.77. The maximum Gasteiger partial charge on any atom is 0.172 e. The van der Waals surface area contributed by atoms with Crippen LogP contribution in [0.15, 0.2) is 10.5 Å². The van der Waals surface area contributed by atoms with Gasteiger partial charge in [0.15, 0.2) is 17.8 Å². The van der Waals surface area contributed by atoms with Gasteiger partial charge in [-0.2, -0.15) is 0 Å². The molecule has 0 bridgehead atoms. The molecule has 0 saturated carbocycles. The minimum absolute atomic E-state index is 0.183. The third-order valence-corrected chi connectivity index (χ3v) is 2.65. The lowest BCUT2D eigenvalue weighted by molar-refractivity contribution is 0.111. The molecule has 0 unspecified atom stereocenters. The molecule has 0 fully saturated rings. The molecule has 0 aliphatic rings. The Hall–Kier alpha value is -1.07. The lowest BCUT2D eigenvalue weighted by Crippen LogP contribution is -2.00. The average molecular weight is 275 g/mol. The maximum absolute atomic E-state index is 10.8. The Morgan fingerprint density at radius 2 is 2.00 bits per heavy atom. The minimum atomic E-state index is -0.183. The summed E-state index contributed by atoms with van der Waals surface area (Å²) in [6, 6.07) is 1.63. The molecule has 0 heterocycles. The fourth-order valence-electron chi connectivity index (χ4n) is 1.33. The van der Waals surface area contributed by atoms with Crippen LogP contribution in [0.3, 0.4) is 0 Å². The van der Waals surface area contributed by atoms with E-state index in [1.165, 1.54) is 14.2 Å². The predicted octanol–water partition coefficient (Wildman–Crippen LogP) is 1.77. The van der Waals surface area contributed by atoms with Gasteiger partial charge in [-0.25, -0.2) is 0 Å². The van der Waals surface area contributed by atoms with Gasteiger partial charge in [0.2, 0.25) is 0 Å². The molecule has 0 aliphatic heterocycles. The van der Waals surface area contributed by atoms with Crippen LogP contribution in [0.1, 0.15) is 15.9 Å². The Bertz CT molecular complexity index is 376. The topological polar surface area (TPSA) is 55.8 Å². The number of aldehydes is 1. The van der Waals surface area contributed by atoms with Crippen LogP contribution in [0.2, 0.25) is 0 Å². The molecule has 0 aromatic heterocycles. The number of ether oxygens (including phenoxy) is 2. The van der Waals surface area contributed by atoms with Gasteiger partial charge in [0.05, 0.1) is 26.4 Å². The summed E-state index contributed by atoms with van der Waals surface area (Å²) in [5.41, 5.74) is 0.929. The fourth-order valence-corrected chi connectivity index (χ4v) is 1.88. The van der Waals surface area contributed by atoms with Crippen molar-refractivity contribution < 1.29 is 19.4 Å². The van der Waals surface area contributed by atoms with Crippen LogP contribution < -0.4 is 9.47 Å². The second-order valence-corrected chi connectivity index (χ2v) is 3.63. The quantitative estimate of drug-likeness (QED) is 0.851. The molecule has 82 valence electrons. The summed E-state index contributed by atoms with van der Waals surface area (Å²) in [7, 11) is 2.90. The van der Waals surface area contributed by atoms with Crippen LogP contribution in [-0.2, 0) is 6.61 Å². The minimum Gasteiger partial charge on any atom is -0.492 e. The van der Waals surface area contributed by atoms with Crippen LogP contribution in [0.4, 0.5) is 0 Å². The fraction of sp³-hybridized carbons (Fsp3) is 0.300. The summed E-state index contributed by atoms with van der Waals surface area (Å²) in [4.78, 5) is 10.8. The number of hydrogen-bond donors (Lipinski definition) is 1. The van der Waals surface area contributed by atoms with Gasteiger partial charge in [-0.15, -0.1) is 0 Å². The summed E-state index contributed by atoms with van der Waals surface area (Å²) in [6.07, 6.45) is 0.673. The van der Waals surface area contributed by atoms with Gasteiger partial charge in [-0.3, -0.25) is 4.79 Å². The van der Waals surface area contributed by atoms with Crippen molar-refractivity contribution in [2.45, 2.75) is 6.61 Å². The predicted molar refractivity (Wildman–Crippen MR) is 58.6 cm³/mol. The third-order valence-electron chi connectivity index (χ3n) is 2.00. The van der Waals surface area contributed by atoms with Crippen molar-refractivity contribution >= 4 is 22.2 Å². The number of rotatable bonds is 4. The first-order chi connectivity index (χ1) is 7.19. The average Bonchev–Trinajstić information content (AvgIpc) is 2.27. The molecule has 0 radical (unpaired) electrons. The molecule has 0 atom stereocenters. The van der Waals surface area contributed by atoms with E-state index in [-0.39, 0.29) is 6.61 Å². The number of carbonyl (C=O) groups excluding carboxylic acids is 1. The first kappa shape index (κ1) is 12.0. The lowest BCUT2D eigenvalue weighted by atomic mass is 10.1. The van der Waals surface area contributed by atoms with Crippen LogP contribution in [0.5, 0.6) is 11.5 Å². The van der Waals surface area contributed by atoms with E-state index in [2.05, 4.69) is 15.9 Å². The summed E-state index contributed by atoms with van der Waals surface area (Å²) in [5.74, 6) is 0.705. The molecule has 1 aromatic carbocycles. The molecule has 1 rings (SSSR count). The number of hydrogen-bond acceptors (Lipinski definition) is 4. The zero-order chi connectivity index (χ0) is 11.4. The standard InChI is InChI=1S/C10H11BrO4/c1-14-9-6(4-12)3-8(11)7(5-13)10(9)15-2/h3,5,12H,4H2,1-2H3. The monoisotopic (exact) mass is 274 g/mol. The van der Waals surface area contributed by atoms with Gasteiger partial charge in [0.25, 0.3) is 0 Å². The van der Waals surface area contributed by atoms with E-state index in [0.717, 1.165) is 0 Å². The Morgan fingerprint density at radius 1 is 1.40 bits per heavy atom. The number of aliphatic hydroxyl groups excluding tert-OH is 1. The first-order valence-corrected chi connectivity index (χ1v) is 4.98. The van der Waals surface area contributed by atoms with Gasteiger partial charge in [0.1, 0.15) is 0 Å². The molecular weight excluding hydrogens is 264 g/mol. The van der Waals surface area contributed by atoms with Crippen molar-refractivity contribution in [3.63, 3.8) is 0 Å². The van der Waals surface area contributed by atoms with Crippen LogP contribution in [-0.4, -0.2) is 25.6 Å². The molecule has 0 saturated heterocycles. The largest absolute Gasteiger partial charge is 0.492 e. The molecule has 1 N–H and O–H groups in total. The summed E-state index contributed by atoms with van der Waals surface area (Å²) in [5, 5.41) is 9.11.